The molecule has 0 spiro atoms. The molecule has 0 N–H and O–H groups in total. The maximum atomic E-state index is 13.6. The quantitative estimate of drug-likeness (QED) is 0.357. The summed E-state index contributed by atoms with van der Waals surface area (Å²) in [6.07, 6.45) is 0.916. The van der Waals surface area contributed by atoms with E-state index in [-0.39, 0.29) is 16.9 Å². The molecule has 0 radical (unpaired) electrons. The molecule has 5 heteroatoms. The lowest BCUT2D eigenvalue weighted by Gasteiger charge is -2.27. The summed E-state index contributed by atoms with van der Waals surface area (Å²) in [4.78, 5) is 33.6. The van der Waals surface area contributed by atoms with E-state index in [1.165, 1.54) is 11.1 Å². The van der Waals surface area contributed by atoms with Gasteiger partial charge in [-0.25, -0.2) is 4.98 Å². The summed E-state index contributed by atoms with van der Waals surface area (Å²) in [5.74, 6) is 0.411. The minimum absolute atomic E-state index is 0.0131. The van der Waals surface area contributed by atoms with Crippen molar-refractivity contribution in [1.82, 2.24) is 14.5 Å². The Morgan fingerprint density at radius 2 is 1.60 bits per heavy atom. The number of para-hydroxylation sites is 1. The Morgan fingerprint density at radius 3 is 2.20 bits per heavy atom. The molecular formula is C30H33N3O2. The molecule has 1 heterocycles. The Hall–Kier alpha value is -3.73. The third-order valence-corrected chi connectivity index (χ3v) is 6.68. The minimum Gasteiger partial charge on any atom is -0.332 e. The average Bonchev–Trinajstić information content (AvgIpc) is 2.87. The Bertz CT molecular complexity index is 1410. The standard InChI is InChI=1S/C30H33N3O2/c1-7-21-12-18-24(19-13-21)33-27(31-26-11-9-8-10-25(26)29(33)35)20(2)32(6)28(34)22-14-16-23(17-15-22)30(3,4)5/h8-20H,7H2,1-6H3. The van der Waals surface area contributed by atoms with E-state index < -0.39 is 6.04 Å². The molecule has 0 saturated carbocycles. The molecular weight excluding hydrogens is 434 g/mol. The predicted molar refractivity (Wildman–Crippen MR) is 142 cm³/mol. The highest BCUT2D eigenvalue weighted by Gasteiger charge is 2.25. The van der Waals surface area contributed by atoms with Crippen LogP contribution in [0.1, 0.15) is 68.0 Å². The molecule has 0 aliphatic rings. The first-order valence-electron chi connectivity index (χ1n) is 12.1. The van der Waals surface area contributed by atoms with Crippen LogP contribution >= 0.6 is 0 Å². The van der Waals surface area contributed by atoms with Gasteiger partial charge in [0, 0.05) is 12.6 Å². The average molecular weight is 468 g/mol. The highest BCUT2D eigenvalue weighted by molar-refractivity contribution is 5.94. The molecule has 5 nitrogen and oxygen atoms in total. The second-order valence-corrected chi connectivity index (χ2v) is 10.1. The van der Waals surface area contributed by atoms with Crippen LogP contribution < -0.4 is 5.56 Å². The van der Waals surface area contributed by atoms with E-state index in [2.05, 4.69) is 27.7 Å². The van der Waals surface area contributed by atoms with Gasteiger partial charge in [-0.1, -0.05) is 64.1 Å². The van der Waals surface area contributed by atoms with E-state index >= 15 is 0 Å². The van der Waals surface area contributed by atoms with Crippen molar-refractivity contribution in [2.45, 2.75) is 52.5 Å². The molecule has 0 aliphatic heterocycles. The lowest BCUT2D eigenvalue weighted by molar-refractivity contribution is 0.0735. The monoisotopic (exact) mass is 467 g/mol. The molecule has 0 fully saturated rings. The molecule has 0 saturated heterocycles. The molecule has 180 valence electrons. The second kappa shape index (κ2) is 9.49. The van der Waals surface area contributed by atoms with Crippen molar-refractivity contribution >= 4 is 16.8 Å². The zero-order valence-electron chi connectivity index (χ0n) is 21.4. The van der Waals surface area contributed by atoms with Crippen molar-refractivity contribution in [2.75, 3.05) is 7.05 Å². The van der Waals surface area contributed by atoms with Gasteiger partial charge in [-0.2, -0.15) is 0 Å². The van der Waals surface area contributed by atoms with Gasteiger partial charge < -0.3 is 4.90 Å². The fourth-order valence-corrected chi connectivity index (χ4v) is 4.23. The highest BCUT2D eigenvalue weighted by Crippen LogP contribution is 2.25. The lowest BCUT2D eigenvalue weighted by atomic mass is 9.86. The van der Waals surface area contributed by atoms with E-state index in [9.17, 15) is 9.59 Å². The van der Waals surface area contributed by atoms with Crippen LogP contribution in [0.2, 0.25) is 0 Å². The van der Waals surface area contributed by atoms with Gasteiger partial charge in [0.25, 0.3) is 11.5 Å². The Labute approximate surface area is 207 Å². The van der Waals surface area contributed by atoms with Crippen molar-refractivity contribution in [3.63, 3.8) is 0 Å². The van der Waals surface area contributed by atoms with Crippen LogP contribution in [-0.2, 0) is 11.8 Å². The zero-order valence-corrected chi connectivity index (χ0v) is 21.4. The maximum Gasteiger partial charge on any atom is 0.266 e. The SMILES string of the molecule is CCc1ccc(-n2c(C(C)N(C)C(=O)c3ccc(C(C)(C)C)cc3)nc3ccccc3c2=O)cc1. The van der Waals surface area contributed by atoms with Gasteiger partial charge in [0.05, 0.1) is 22.6 Å². The van der Waals surface area contributed by atoms with Crippen LogP contribution in [0, 0.1) is 0 Å². The zero-order chi connectivity index (χ0) is 25.3. The van der Waals surface area contributed by atoms with Gasteiger partial charge in [-0.3, -0.25) is 14.2 Å². The summed E-state index contributed by atoms with van der Waals surface area (Å²) < 4.78 is 1.64. The largest absolute Gasteiger partial charge is 0.332 e. The number of amides is 1. The normalized spacial score (nSPS) is 12.5. The van der Waals surface area contributed by atoms with E-state index in [0.717, 1.165) is 12.1 Å². The van der Waals surface area contributed by atoms with Gasteiger partial charge in [0.1, 0.15) is 5.82 Å². The minimum atomic E-state index is -0.437. The van der Waals surface area contributed by atoms with Crippen LogP contribution in [0.15, 0.2) is 77.6 Å². The molecule has 3 aromatic carbocycles. The van der Waals surface area contributed by atoms with E-state index in [4.69, 9.17) is 4.98 Å². The Balaban J connectivity index is 1.78. The van der Waals surface area contributed by atoms with Crippen molar-refractivity contribution in [3.05, 3.63) is 106 Å². The molecule has 1 atom stereocenters. The number of carbonyl (C=O) groups is 1. The van der Waals surface area contributed by atoms with Crippen LogP contribution in [0.4, 0.5) is 0 Å². The molecule has 4 aromatic rings. The van der Waals surface area contributed by atoms with Crippen LogP contribution in [-0.4, -0.2) is 27.4 Å². The molecule has 4 rings (SSSR count). The number of hydrogen-bond donors (Lipinski definition) is 0. The first-order valence-corrected chi connectivity index (χ1v) is 12.1. The molecule has 1 unspecified atom stereocenters. The summed E-state index contributed by atoms with van der Waals surface area (Å²) in [7, 11) is 1.76. The van der Waals surface area contributed by atoms with Crippen molar-refractivity contribution < 1.29 is 4.79 Å². The lowest BCUT2D eigenvalue weighted by Crippen LogP contribution is -2.35. The smallest absolute Gasteiger partial charge is 0.266 e. The molecule has 0 bridgehead atoms. The van der Waals surface area contributed by atoms with Crippen molar-refractivity contribution in [3.8, 4) is 5.69 Å². The highest BCUT2D eigenvalue weighted by atomic mass is 16.2. The molecule has 35 heavy (non-hydrogen) atoms. The number of aromatic nitrogens is 2. The number of aryl methyl sites for hydroxylation is 1. The Morgan fingerprint density at radius 1 is 0.971 bits per heavy atom. The van der Waals surface area contributed by atoms with Crippen LogP contribution in [0.25, 0.3) is 16.6 Å². The van der Waals surface area contributed by atoms with Crippen LogP contribution in [0.3, 0.4) is 0 Å². The number of rotatable bonds is 5. The number of nitrogens with zero attached hydrogens (tertiary/aromatic N) is 3. The summed E-state index contributed by atoms with van der Waals surface area (Å²) >= 11 is 0. The Kier molecular flexibility index (Phi) is 6.62. The van der Waals surface area contributed by atoms with Crippen molar-refractivity contribution in [1.29, 1.82) is 0 Å². The first-order chi connectivity index (χ1) is 16.6. The number of hydrogen-bond acceptors (Lipinski definition) is 3. The second-order valence-electron chi connectivity index (χ2n) is 10.1. The molecule has 1 aromatic heterocycles. The van der Waals surface area contributed by atoms with Crippen LogP contribution in [0.5, 0.6) is 0 Å². The summed E-state index contributed by atoms with van der Waals surface area (Å²) in [5, 5.41) is 0.551. The predicted octanol–water partition coefficient (Wildman–Crippen LogP) is 6.08. The third-order valence-electron chi connectivity index (χ3n) is 6.68. The number of fused-ring (bicyclic) bond motifs is 1. The fourth-order valence-electron chi connectivity index (χ4n) is 4.23. The maximum absolute atomic E-state index is 13.6. The van der Waals surface area contributed by atoms with E-state index in [1.807, 2.05) is 73.7 Å². The number of carbonyl (C=O) groups excluding carboxylic acids is 1. The van der Waals surface area contributed by atoms with E-state index in [0.29, 0.717) is 22.3 Å². The molecule has 0 aliphatic carbocycles. The van der Waals surface area contributed by atoms with Gasteiger partial charge in [-0.15, -0.1) is 0 Å². The summed E-state index contributed by atoms with van der Waals surface area (Å²) in [5.41, 5.74) is 4.20. The first kappa shape index (κ1) is 24.4. The fraction of sp³-hybridized carbons (Fsp3) is 0.300. The van der Waals surface area contributed by atoms with Gasteiger partial charge >= 0.3 is 0 Å². The number of benzene rings is 3. The van der Waals surface area contributed by atoms with Crippen molar-refractivity contribution in [2.24, 2.45) is 0 Å². The van der Waals surface area contributed by atoms with Gasteiger partial charge in [0.2, 0.25) is 0 Å². The van der Waals surface area contributed by atoms with Gasteiger partial charge in [-0.05, 0) is 66.3 Å². The summed E-state index contributed by atoms with van der Waals surface area (Å²) in [6.45, 7) is 10.5. The topological polar surface area (TPSA) is 55.2 Å². The van der Waals surface area contributed by atoms with Gasteiger partial charge in [0.15, 0.2) is 0 Å². The van der Waals surface area contributed by atoms with E-state index in [1.54, 1.807) is 22.6 Å². The summed E-state index contributed by atoms with van der Waals surface area (Å²) in [6, 6.07) is 22.6. The third kappa shape index (κ3) is 4.76. The molecule has 1 amide bonds.